The number of ketones is 1. The number of hydrazone groups is 1. The first-order valence-electron chi connectivity index (χ1n) is 11.1. The van der Waals surface area contributed by atoms with Crippen LogP contribution in [0.1, 0.15) is 48.0 Å². The molecule has 0 spiro atoms. The fourth-order valence-electron chi connectivity index (χ4n) is 4.25. The van der Waals surface area contributed by atoms with E-state index in [1.807, 2.05) is 30.3 Å². The van der Waals surface area contributed by atoms with Crippen LogP contribution in [-0.4, -0.2) is 52.9 Å². The van der Waals surface area contributed by atoms with Crippen LogP contribution < -0.4 is 0 Å². The molecule has 0 aromatic heterocycles. The molecule has 6 nitrogen and oxygen atoms in total. The molecule has 2 aliphatic rings. The summed E-state index contributed by atoms with van der Waals surface area (Å²) in [6.07, 6.45) is 2.18. The molecule has 4 rings (SSSR count). The monoisotopic (exact) mass is 485 g/mol. The standard InChI is InChI=1S/C25H25Cl2N3O3/c26-20-7-6-19(16-21(20)27)25(33)18-10-13-29(14-11-18)23(31)8-9-24(32)30-15-12-22(28-30)17-4-2-1-3-5-17/h1-7,16,18H,8-15H2. The SMILES string of the molecule is O=C(c1ccc(Cl)c(Cl)c1)C1CCN(C(=O)CCC(=O)N2CCC(c3ccccc3)=N2)CC1. The number of carbonyl (C=O) groups excluding carboxylic acids is 3. The third kappa shape index (κ3) is 5.63. The molecule has 0 N–H and O–H groups in total. The topological polar surface area (TPSA) is 70.1 Å². The number of Topliss-reactive ketones (excluding diaryl/α,β-unsaturated/α-hetero) is 1. The second-order valence-electron chi connectivity index (χ2n) is 8.33. The van der Waals surface area contributed by atoms with Crippen LogP contribution in [0.25, 0.3) is 0 Å². The van der Waals surface area contributed by atoms with Crippen LogP contribution in [0.2, 0.25) is 10.0 Å². The van der Waals surface area contributed by atoms with Crippen LogP contribution in [0.4, 0.5) is 0 Å². The molecule has 2 amide bonds. The highest BCUT2D eigenvalue weighted by Crippen LogP contribution is 2.27. The molecular weight excluding hydrogens is 461 g/mol. The van der Waals surface area contributed by atoms with Crippen molar-refractivity contribution in [2.24, 2.45) is 11.0 Å². The van der Waals surface area contributed by atoms with Gasteiger partial charge >= 0.3 is 0 Å². The van der Waals surface area contributed by atoms with Crippen molar-refractivity contribution in [2.75, 3.05) is 19.6 Å². The van der Waals surface area contributed by atoms with E-state index >= 15 is 0 Å². The Bertz CT molecular complexity index is 1080. The van der Waals surface area contributed by atoms with E-state index in [4.69, 9.17) is 23.2 Å². The van der Waals surface area contributed by atoms with Gasteiger partial charge in [0.2, 0.25) is 11.8 Å². The van der Waals surface area contributed by atoms with Crippen LogP contribution in [0, 0.1) is 5.92 Å². The minimum Gasteiger partial charge on any atom is -0.343 e. The van der Waals surface area contributed by atoms with E-state index in [9.17, 15) is 14.4 Å². The molecule has 0 saturated carbocycles. The van der Waals surface area contributed by atoms with Crippen molar-refractivity contribution in [3.8, 4) is 0 Å². The van der Waals surface area contributed by atoms with Crippen molar-refractivity contribution in [3.63, 3.8) is 0 Å². The third-order valence-electron chi connectivity index (χ3n) is 6.17. The highest BCUT2D eigenvalue weighted by Gasteiger charge is 2.29. The Morgan fingerprint density at radius 2 is 1.58 bits per heavy atom. The molecular formula is C25H25Cl2N3O3. The van der Waals surface area contributed by atoms with Crippen molar-refractivity contribution in [1.29, 1.82) is 0 Å². The fourth-order valence-corrected chi connectivity index (χ4v) is 4.55. The molecule has 0 aliphatic carbocycles. The summed E-state index contributed by atoms with van der Waals surface area (Å²) >= 11 is 12.0. The van der Waals surface area contributed by atoms with Crippen molar-refractivity contribution >= 4 is 46.5 Å². The van der Waals surface area contributed by atoms with E-state index in [-0.39, 0.29) is 36.4 Å². The summed E-state index contributed by atoms with van der Waals surface area (Å²) in [5, 5.41) is 6.68. The predicted molar refractivity (Wildman–Crippen MR) is 129 cm³/mol. The van der Waals surface area contributed by atoms with E-state index in [2.05, 4.69) is 5.10 Å². The maximum Gasteiger partial charge on any atom is 0.243 e. The normalized spacial score (nSPS) is 16.6. The number of nitrogens with zero attached hydrogens (tertiary/aromatic N) is 3. The maximum absolute atomic E-state index is 12.8. The summed E-state index contributed by atoms with van der Waals surface area (Å²) in [6, 6.07) is 14.7. The summed E-state index contributed by atoms with van der Waals surface area (Å²) in [5.41, 5.74) is 2.45. The summed E-state index contributed by atoms with van der Waals surface area (Å²) in [7, 11) is 0. The number of hydrogen-bond acceptors (Lipinski definition) is 4. The van der Waals surface area contributed by atoms with Gasteiger partial charge in [-0.3, -0.25) is 14.4 Å². The molecule has 8 heteroatoms. The van der Waals surface area contributed by atoms with E-state index in [0.717, 1.165) is 11.3 Å². The first-order chi connectivity index (χ1) is 15.9. The first-order valence-corrected chi connectivity index (χ1v) is 11.9. The quantitative estimate of drug-likeness (QED) is 0.550. The second-order valence-corrected chi connectivity index (χ2v) is 9.14. The molecule has 2 aromatic rings. The molecule has 0 radical (unpaired) electrons. The molecule has 2 aliphatic heterocycles. The van der Waals surface area contributed by atoms with Gasteiger partial charge in [-0.2, -0.15) is 5.10 Å². The Kier molecular flexibility index (Phi) is 7.46. The number of amides is 2. The Morgan fingerprint density at radius 3 is 2.27 bits per heavy atom. The van der Waals surface area contributed by atoms with E-state index < -0.39 is 0 Å². The van der Waals surface area contributed by atoms with E-state index in [0.29, 0.717) is 54.5 Å². The Morgan fingerprint density at radius 1 is 0.879 bits per heavy atom. The molecule has 0 bridgehead atoms. The van der Waals surface area contributed by atoms with Crippen molar-refractivity contribution in [2.45, 2.75) is 32.1 Å². The zero-order chi connectivity index (χ0) is 23.4. The Labute approximate surface area is 203 Å². The van der Waals surface area contributed by atoms with Crippen LogP contribution in [0.3, 0.4) is 0 Å². The fraction of sp³-hybridized carbons (Fsp3) is 0.360. The first kappa shape index (κ1) is 23.5. The number of hydrogen-bond donors (Lipinski definition) is 0. The minimum atomic E-state index is -0.150. The van der Waals surface area contributed by atoms with Crippen LogP contribution in [-0.2, 0) is 9.59 Å². The lowest BCUT2D eigenvalue weighted by molar-refractivity contribution is -0.137. The zero-order valence-electron chi connectivity index (χ0n) is 18.2. The number of rotatable bonds is 6. The number of piperidine rings is 1. The summed E-state index contributed by atoms with van der Waals surface area (Å²) in [4.78, 5) is 39.7. The Balaban J connectivity index is 1.24. The van der Waals surface area contributed by atoms with Crippen molar-refractivity contribution < 1.29 is 14.4 Å². The van der Waals surface area contributed by atoms with E-state index in [1.54, 1.807) is 23.1 Å². The molecule has 172 valence electrons. The van der Waals surface area contributed by atoms with Gasteiger partial charge in [0, 0.05) is 43.8 Å². The van der Waals surface area contributed by atoms with Gasteiger partial charge in [-0.15, -0.1) is 0 Å². The maximum atomic E-state index is 12.8. The van der Waals surface area contributed by atoms with Crippen molar-refractivity contribution in [1.82, 2.24) is 9.91 Å². The minimum absolute atomic E-state index is 0.0250. The largest absolute Gasteiger partial charge is 0.343 e. The second kappa shape index (κ2) is 10.5. The van der Waals surface area contributed by atoms with Gasteiger partial charge in [0.05, 0.1) is 22.3 Å². The highest BCUT2D eigenvalue weighted by molar-refractivity contribution is 6.42. The van der Waals surface area contributed by atoms with Gasteiger partial charge in [-0.25, -0.2) is 5.01 Å². The van der Waals surface area contributed by atoms with Gasteiger partial charge in [-0.05, 0) is 36.6 Å². The number of benzene rings is 2. The molecule has 2 aromatic carbocycles. The van der Waals surface area contributed by atoms with Crippen molar-refractivity contribution in [3.05, 3.63) is 69.7 Å². The summed E-state index contributed by atoms with van der Waals surface area (Å²) in [6.45, 7) is 1.55. The third-order valence-corrected chi connectivity index (χ3v) is 6.91. The van der Waals surface area contributed by atoms with Gasteiger partial charge in [0.1, 0.15) is 0 Å². The zero-order valence-corrected chi connectivity index (χ0v) is 19.7. The van der Waals surface area contributed by atoms with Gasteiger partial charge in [0.15, 0.2) is 5.78 Å². The van der Waals surface area contributed by atoms with E-state index in [1.165, 1.54) is 5.01 Å². The van der Waals surface area contributed by atoms with Gasteiger partial charge in [-0.1, -0.05) is 53.5 Å². The average Bonchev–Trinajstić information content (AvgIpc) is 3.35. The predicted octanol–water partition coefficient (Wildman–Crippen LogP) is 4.83. The van der Waals surface area contributed by atoms with Gasteiger partial charge in [0.25, 0.3) is 0 Å². The number of halogens is 2. The average molecular weight is 486 g/mol. The molecule has 0 unspecified atom stereocenters. The lowest BCUT2D eigenvalue weighted by Gasteiger charge is -2.31. The molecule has 33 heavy (non-hydrogen) atoms. The highest BCUT2D eigenvalue weighted by atomic mass is 35.5. The number of carbonyl (C=O) groups is 3. The number of likely N-dealkylation sites (tertiary alicyclic amines) is 1. The van der Waals surface area contributed by atoms with Crippen LogP contribution in [0.15, 0.2) is 53.6 Å². The lowest BCUT2D eigenvalue weighted by atomic mass is 9.89. The molecule has 1 fully saturated rings. The smallest absolute Gasteiger partial charge is 0.243 e. The van der Waals surface area contributed by atoms with Crippen LogP contribution in [0.5, 0.6) is 0 Å². The Hall–Kier alpha value is -2.70. The molecule has 2 heterocycles. The van der Waals surface area contributed by atoms with Crippen LogP contribution >= 0.6 is 23.2 Å². The van der Waals surface area contributed by atoms with Gasteiger partial charge < -0.3 is 4.90 Å². The summed E-state index contributed by atoms with van der Waals surface area (Å²) in [5.74, 6) is -0.325. The molecule has 1 saturated heterocycles. The molecule has 0 atom stereocenters. The summed E-state index contributed by atoms with van der Waals surface area (Å²) < 4.78 is 0. The lowest BCUT2D eigenvalue weighted by Crippen LogP contribution is -2.40.